The molecule has 25 heavy (non-hydrogen) atoms. The van der Waals surface area contributed by atoms with Crippen LogP contribution in [-0.4, -0.2) is 13.0 Å². The molecule has 0 amide bonds. The smallest absolute Gasteiger partial charge is 0.520 e. The van der Waals surface area contributed by atoms with Crippen LogP contribution in [0, 0.1) is 29.2 Å². The molecule has 0 saturated heterocycles. The second-order valence-electron chi connectivity index (χ2n) is 4.80. The van der Waals surface area contributed by atoms with Gasteiger partial charge >= 0.3 is 29.6 Å². The quantitative estimate of drug-likeness (QED) is 0.348. The van der Waals surface area contributed by atoms with Crippen LogP contribution in [0.2, 0.25) is 0 Å². The number of hydrogen-bond donors (Lipinski definition) is 1. The van der Waals surface area contributed by atoms with Crippen LogP contribution in [0.25, 0.3) is 5.57 Å². The van der Waals surface area contributed by atoms with Crippen LogP contribution >= 0.6 is 0 Å². The summed E-state index contributed by atoms with van der Waals surface area (Å²) in [4.78, 5) is -0.370. The summed E-state index contributed by atoms with van der Waals surface area (Å²) in [5.74, 6) is 0.446. The summed E-state index contributed by atoms with van der Waals surface area (Å²) in [7, 11) is -4.48. The number of hydrogen-bond acceptors (Lipinski definition) is 5. The van der Waals surface area contributed by atoms with Crippen molar-refractivity contribution in [1.29, 1.82) is 10.5 Å². The molecule has 1 aromatic rings. The van der Waals surface area contributed by atoms with Crippen molar-refractivity contribution in [3.8, 4) is 12.1 Å². The molecule has 0 spiro atoms. The normalized spacial score (nSPS) is 13.2. The molecule has 1 N–H and O–H groups in total. The van der Waals surface area contributed by atoms with Crippen LogP contribution in [0.4, 0.5) is 0 Å². The van der Waals surface area contributed by atoms with E-state index in [9.17, 15) is 13.0 Å². The Labute approximate surface area is 168 Å². The van der Waals surface area contributed by atoms with Gasteiger partial charge in [-0.1, -0.05) is 24.3 Å². The summed E-state index contributed by atoms with van der Waals surface area (Å²) >= 11 is 0. The number of rotatable bonds is 3. The van der Waals surface area contributed by atoms with Crippen molar-refractivity contribution in [3.63, 3.8) is 0 Å². The monoisotopic (exact) mass is 362 g/mol. The maximum absolute atomic E-state index is 11.5. The van der Waals surface area contributed by atoms with Gasteiger partial charge in [0, 0.05) is 10.7 Å². The van der Waals surface area contributed by atoms with Gasteiger partial charge in [-0.2, -0.15) is 24.5 Å². The van der Waals surface area contributed by atoms with Crippen LogP contribution < -0.4 is 29.6 Å². The fraction of sp³-hybridized carbons (Fsp3) is 0.0588. The molecule has 0 aliphatic carbocycles. The molecule has 120 valence electrons. The van der Waals surface area contributed by atoms with Crippen molar-refractivity contribution < 1.29 is 47.3 Å². The van der Waals surface area contributed by atoms with Gasteiger partial charge in [0.15, 0.2) is 0 Å². The maximum atomic E-state index is 11.5. The summed E-state index contributed by atoms with van der Waals surface area (Å²) in [5.41, 5.74) is 0.163. The molecule has 0 bridgehead atoms. The zero-order valence-corrected chi connectivity index (χ0v) is 16.3. The molecule has 0 atom stereocenters. The van der Waals surface area contributed by atoms with Gasteiger partial charge in [-0.25, -0.2) is 6.58 Å². The van der Waals surface area contributed by atoms with Crippen molar-refractivity contribution in [2.45, 2.75) is 11.8 Å². The van der Waals surface area contributed by atoms with Gasteiger partial charge in [0.2, 0.25) is 0 Å². The van der Waals surface area contributed by atoms with Crippen LogP contribution in [-0.2, 0) is 14.9 Å². The molecule has 0 fully saturated rings. The second kappa shape index (κ2) is 8.30. The van der Waals surface area contributed by atoms with Gasteiger partial charge in [-0.3, -0.25) is 4.55 Å². The van der Waals surface area contributed by atoms with Crippen LogP contribution in [0.15, 0.2) is 64.0 Å². The molecule has 0 radical (unpaired) electrons. The van der Waals surface area contributed by atoms with Gasteiger partial charge in [0.1, 0.15) is 17.7 Å². The average Bonchev–Trinajstić information content (AvgIpc) is 2.54. The van der Waals surface area contributed by atoms with E-state index < -0.39 is 10.1 Å². The summed E-state index contributed by atoms with van der Waals surface area (Å²) in [6.45, 7) is 7.61. The van der Waals surface area contributed by atoms with E-state index in [1.807, 2.05) is 0 Å². The molecule has 1 aromatic carbocycles. The Balaban J connectivity index is 0.00000312. The van der Waals surface area contributed by atoms with E-state index in [0.29, 0.717) is 11.3 Å². The van der Waals surface area contributed by atoms with Crippen molar-refractivity contribution in [2.24, 2.45) is 0 Å². The third kappa shape index (κ3) is 4.70. The molecule has 0 aromatic heterocycles. The average molecular weight is 362 g/mol. The largest absolute Gasteiger partial charge is 1.00 e. The molecule has 1 heterocycles. The second-order valence-corrected chi connectivity index (χ2v) is 6.19. The molecular formula is C17H11N2NaO4S. The third-order valence-corrected chi connectivity index (χ3v) is 4.06. The van der Waals surface area contributed by atoms with Crippen molar-refractivity contribution in [1.82, 2.24) is 0 Å². The molecule has 1 aliphatic heterocycles. The summed E-state index contributed by atoms with van der Waals surface area (Å²) in [5, 5.41) is 18.0. The molecule has 8 heteroatoms. The van der Waals surface area contributed by atoms with Crippen LogP contribution in [0.5, 0.6) is 0 Å². The molecule has 6 nitrogen and oxygen atoms in total. The first-order valence-corrected chi connectivity index (χ1v) is 8.04. The standard InChI is InChI=1S/C17H11N2O4S.Na/c1-11-7-13(14(9-18)10-19)8-16(23-11)12(2)15-5-3-4-6-17(15)24(20,21)22;/h2-8H,1H3,(H,20,21,22);/q-1;+1. The van der Waals surface area contributed by atoms with Gasteiger partial charge in [-0.05, 0) is 18.6 Å². The van der Waals surface area contributed by atoms with E-state index in [4.69, 9.17) is 21.8 Å². The number of ether oxygens (including phenoxy) is 1. The first-order chi connectivity index (χ1) is 11.3. The minimum absolute atomic E-state index is 0. The molecular weight excluding hydrogens is 351 g/mol. The Bertz CT molecular complexity index is 990. The van der Waals surface area contributed by atoms with Gasteiger partial charge in [-0.15, -0.1) is 11.6 Å². The Hall–Kier alpha value is -2.13. The zero-order valence-electron chi connectivity index (χ0n) is 13.5. The minimum atomic E-state index is -4.48. The van der Waals surface area contributed by atoms with Crippen molar-refractivity contribution in [3.05, 3.63) is 71.2 Å². The minimum Gasteiger partial charge on any atom is -0.520 e. The molecule has 0 saturated carbocycles. The van der Waals surface area contributed by atoms with E-state index in [1.54, 1.807) is 25.1 Å². The number of allylic oxidation sites excluding steroid dienone is 6. The first-order valence-electron chi connectivity index (χ1n) is 6.60. The zero-order chi connectivity index (χ0) is 17.9. The topological polar surface area (TPSA) is 111 Å². The third-order valence-electron chi connectivity index (χ3n) is 3.15. The Morgan fingerprint density at radius 2 is 1.80 bits per heavy atom. The fourth-order valence-corrected chi connectivity index (χ4v) is 2.82. The van der Waals surface area contributed by atoms with Crippen molar-refractivity contribution >= 4 is 15.7 Å². The van der Waals surface area contributed by atoms with Crippen LogP contribution in [0.1, 0.15) is 12.5 Å². The molecule has 1 aliphatic rings. The van der Waals surface area contributed by atoms with E-state index in [2.05, 4.69) is 0 Å². The van der Waals surface area contributed by atoms with Crippen molar-refractivity contribution in [2.75, 3.05) is 0 Å². The van der Waals surface area contributed by atoms with Gasteiger partial charge < -0.3 is 4.74 Å². The van der Waals surface area contributed by atoms with Gasteiger partial charge in [0.05, 0.1) is 5.76 Å². The predicted octanol–water partition coefficient (Wildman–Crippen LogP) is -0.0847. The summed E-state index contributed by atoms with van der Waals surface area (Å²) < 4.78 is 37.8. The molecule has 2 rings (SSSR count). The Kier molecular flexibility index (Phi) is 6.95. The van der Waals surface area contributed by atoms with Gasteiger partial charge in [0.25, 0.3) is 10.1 Å². The SMILES string of the molecule is [CH-]=C(C1=CC(=C(C#N)C#N)C=C(C)O1)c1ccccc1S(=O)(=O)O.[Na+]. The number of nitriles is 2. The number of benzene rings is 1. The number of nitrogens with zero attached hydrogens (tertiary/aromatic N) is 2. The molecule has 0 unspecified atom stereocenters. The summed E-state index contributed by atoms with van der Waals surface area (Å²) in [6, 6.07) is 9.14. The Morgan fingerprint density at radius 3 is 2.36 bits per heavy atom. The van der Waals surface area contributed by atoms with E-state index in [1.165, 1.54) is 30.4 Å². The predicted molar refractivity (Wildman–Crippen MR) is 85.1 cm³/mol. The van der Waals surface area contributed by atoms with Crippen LogP contribution in [0.3, 0.4) is 0 Å². The van der Waals surface area contributed by atoms with E-state index in [0.717, 1.165) is 0 Å². The maximum Gasteiger partial charge on any atom is 1.00 e. The summed E-state index contributed by atoms with van der Waals surface area (Å²) in [6.07, 6.45) is 2.86. The Morgan fingerprint density at radius 1 is 1.20 bits per heavy atom. The first kappa shape index (κ1) is 20.9. The van der Waals surface area contributed by atoms with E-state index in [-0.39, 0.29) is 56.9 Å². The van der Waals surface area contributed by atoms with E-state index >= 15 is 0 Å². The fourth-order valence-electron chi connectivity index (χ4n) is 2.11.